The van der Waals surface area contributed by atoms with Crippen LogP contribution in [0.3, 0.4) is 0 Å². The van der Waals surface area contributed by atoms with E-state index in [1.807, 2.05) is 55.9 Å². The molecule has 0 bridgehead atoms. The fraction of sp³-hybridized carbons (Fsp3) is 0.278. The lowest BCUT2D eigenvalue weighted by Gasteiger charge is -2.17. The van der Waals surface area contributed by atoms with Crippen molar-refractivity contribution in [3.8, 4) is 11.4 Å². The lowest BCUT2D eigenvalue weighted by atomic mass is 10.1. The van der Waals surface area contributed by atoms with Gasteiger partial charge in [-0.3, -0.25) is 4.79 Å². The molecule has 6 nitrogen and oxygen atoms in total. The molecule has 0 fully saturated rings. The Labute approximate surface area is 140 Å². The predicted octanol–water partition coefficient (Wildman–Crippen LogP) is 2.96. The van der Waals surface area contributed by atoms with Gasteiger partial charge in [-0.05, 0) is 26.0 Å². The van der Waals surface area contributed by atoms with Gasteiger partial charge in [0.2, 0.25) is 0 Å². The highest BCUT2D eigenvalue weighted by atomic mass is 16.5. The van der Waals surface area contributed by atoms with Crippen LogP contribution in [0.25, 0.3) is 11.4 Å². The van der Waals surface area contributed by atoms with Crippen molar-refractivity contribution in [3.63, 3.8) is 0 Å². The molecule has 3 rings (SSSR count). The minimum atomic E-state index is -0.0499. The molecule has 0 radical (unpaired) electrons. The monoisotopic (exact) mass is 324 g/mol. The number of hydrogen-bond acceptors (Lipinski definition) is 4. The third-order valence-electron chi connectivity index (χ3n) is 4.11. The van der Waals surface area contributed by atoms with E-state index in [0.29, 0.717) is 12.1 Å². The van der Waals surface area contributed by atoms with Gasteiger partial charge in [0.15, 0.2) is 0 Å². The standard InChI is InChI=1S/C18H20N4O2/c1-12-16(13(2)24-20-12)11-22(4)18(23)15-7-5-6-14(10-15)17-19-8-9-21(17)3/h5-10H,11H2,1-4H3. The molecule has 0 aliphatic carbocycles. The summed E-state index contributed by atoms with van der Waals surface area (Å²) in [5.74, 6) is 1.53. The molecule has 6 heteroatoms. The maximum atomic E-state index is 12.7. The minimum Gasteiger partial charge on any atom is -0.361 e. The van der Waals surface area contributed by atoms with Crippen molar-refractivity contribution in [1.82, 2.24) is 19.6 Å². The summed E-state index contributed by atoms with van der Waals surface area (Å²) in [6.45, 7) is 4.20. The minimum absolute atomic E-state index is 0.0499. The first-order valence-electron chi connectivity index (χ1n) is 7.72. The average molecular weight is 324 g/mol. The largest absolute Gasteiger partial charge is 0.361 e. The van der Waals surface area contributed by atoms with Gasteiger partial charge < -0.3 is 14.0 Å². The predicted molar refractivity (Wildman–Crippen MR) is 90.4 cm³/mol. The third kappa shape index (κ3) is 2.95. The van der Waals surface area contributed by atoms with E-state index < -0.39 is 0 Å². The lowest BCUT2D eigenvalue weighted by molar-refractivity contribution is 0.0784. The zero-order chi connectivity index (χ0) is 17.3. The molecule has 0 aliphatic heterocycles. The van der Waals surface area contributed by atoms with E-state index in [9.17, 15) is 4.79 Å². The average Bonchev–Trinajstić information content (AvgIpc) is 3.14. The molecule has 0 spiro atoms. The highest BCUT2D eigenvalue weighted by molar-refractivity contribution is 5.95. The Bertz CT molecular complexity index is 859. The van der Waals surface area contributed by atoms with Crippen LogP contribution in [0, 0.1) is 13.8 Å². The molecule has 3 aromatic rings. The molecular formula is C18H20N4O2. The van der Waals surface area contributed by atoms with Crippen LogP contribution in [0.2, 0.25) is 0 Å². The zero-order valence-corrected chi connectivity index (χ0v) is 14.3. The number of imidazole rings is 1. The number of carbonyl (C=O) groups is 1. The second-order valence-corrected chi connectivity index (χ2v) is 5.91. The van der Waals surface area contributed by atoms with E-state index in [1.165, 1.54) is 0 Å². The molecule has 0 unspecified atom stereocenters. The Morgan fingerprint density at radius 2 is 2.12 bits per heavy atom. The van der Waals surface area contributed by atoms with Crippen molar-refractivity contribution in [2.45, 2.75) is 20.4 Å². The topological polar surface area (TPSA) is 64.2 Å². The summed E-state index contributed by atoms with van der Waals surface area (Å²) >= 11 is 0. The number of carbonyl (C=O) groups excluding carboxylic acids is 1. The van der Waals surface area contributed by atoms with E-state index in [0.717, 1.165) is 28.4 Å². The van der Waals surface area contributed by atoms with Gasteiger partial charge in [-0.15, -0.1) is 0 Å². The molecule has 2 heterocycles. The van der Waals surface area contributed by atoms with E-state index in [2.05, 4.69) is 10.1 Å². The molecule has 0 aliphatic rings. The van der Waals surface area contributed by atoms with Gasteiger partial charge in [0, 0.05) is 43.2 Å². The number of amides is 1. The second-order valence-electron chi connectivity index (χ2n) is 5.91. The smallest absolute Gasteiger partial charge is 0.253 e. The first kappa shape index (κ1) is 16.0. The number of aryl methyl sites for hydroxylation is 3. The van der Waals surface area contributed by atoms with E-state index in [4.69, 9.17) is 4.52 Å². The number of benzene rings is 1. The van der Waals surface area contributed by atoms with E-state index in [1.54, 1.807) is 18.1 Å². The first-order valence-corrected chi connectivity index (χ1v) is 7.72. The molecule has 24 heavy (non-hydrogen) atoms. The van der Waals surface area contributed by atoms with Gasteiger partial charge in [0.1, 0.15) is 11.6 Å². The van der Waals surface area contributed by atoms with Crippen molar-refractivity contribution < 1.29 is 9.32 Å². The van der Waals surface area contributed by atoms with Gasteiger partial charge in [0.05, 0.1) is 12.2 Å². The van der Waals surface area contributed by atoms with Crippen molar-refractivity contribution in [2.75, 3.05) is 7.05 Å². The lowest BCUT2D eigenvalue weighted by Crippen LogP contribution is -2.26. The fourth-order valence-electron chi connectivity index (χ4n) is 2.69. The summed E-state index contributed by atoms with van der Waals surface area (Å²) in [6, 6.07) is 7.52. The normalized spacial score (nSPS) is 10.8. The molecule has 2 aromatic heterocycles. The number of hydrogen-bond donors (Lipinski definition) is 0. The second kappa shape index (κ2) is 6.31. The molecule has 1 aromatic carbocycles. The van der Waals surface area contributed by atoms with Gasteiger partial charge in [-0.25, -0.2) is 4.98 Å². The molecule has 0 saturated carbocycles. The quantitative estimate of drug-likeness (QED) is 0.740. The maximum absolute atomic E-state index is 12.7. The Morgan fingerprint density at radius 1 is 1.33 bits per heavy atom. The number of nitrogens with zero attached hydrogens (tertiary/aromatic N) is 4. The Morgan fingerprint density at radius 3 is 2.75 bits per heavy atom. The Kier molecular flexibility index (Phi) is 4.20. The van der Waals surface area contributed by atoms with Crippen molar-refractivity contribution in [2.24, 2.45) is 7.05 Å². The fourth-order valence-corrected chi connectivity index (χ4v) is 2.69. The molecule has 0 atom stereocenters. The molecular weight excluding hydrogens is 304 g/mol. The van der Waals surface area contributed by atoms with Crippen LogP contribution < -0.4 is 0 Å². The van der Waals surface area contributed by atoms with Gasteiger partial charge in [0.25, 0.3) is 5.91 Å². The maximum Gasteiger partial charge on any atom is 0.253 e. The molecule has 1 amide bonds. The van der Waals surface area contributed by atoms with Crippen LogP contribution in [-0.4, -0.2) is 32.6 Å². The highest BCUT2D eigenvalue weighted by Crippen LogP contribution is 2.20. The van der Waals surface area contributed by atoms with Crippen LogP contribution in [0.5, 0.6) is 0 Å². The van der Waals surface area contributed by atoms with Gasteiger partial charge in [-0.2, -0.15) is 0 Å². The third-order valence-corrected chi connectivity index (χ3v) is 4.11. The van der Waals surface area contributed by atoms with Gasteiger partial charge in [-0.1, -0.05) is 17.3 Å². The summed E-state index contributed by atoms with van der Waals surface area (Å²) < 4.78 is 7.09. The highest BCUT2D eigenvalue weighted by Gasteiger charge is 2.17. The zero-order valence-electron chi connectivity index (χ0n) is 14.3. The molecule has 0 N–H and O–H groups in total. The van der Waals surface area contributed by atoms with Crippen molar-refractivity contribution in [3.05, 3.63) is 59.2 Å². The summed E-state index contributed by atoms with van der Waals surface area (Å²) in [5, 5.41) is 3.93. The summed E-state index contributed by atoms with van der Waals surface area (Å²) in [4.78, 5) is 18.8. The Balaban J connectivity index is 1.84. The van der Waals surface area contributed by atoms with Crippen LogP contribution in [0.1, 0.15) is 27.4 Å². The first-order chi connectivity index (χ1) is 11.5. The molecule has 124 valence electrons. The van der Waals surface area contributed by atoms with Gasteiger partial charge >= 0.3 is 0 Å². The van der Waals surface area contributed by atoms with Crippen LogP contribution >= 0.6 is 0 Å². The number of rotatable bonds is 4. The summed E-state index contributed by atoms with van der Waals surface area (Å²) in [5.41, 5.74) is 3.31. The van der Waals surface area contributed by atoms with Crippen molar-refractivity contribution >= 4 is 5.91 Å². The van der Waals surface area contributed by atoms with Crippen molar-refractivity contribution in [1.29, 1.82) is 0 Å². The Hall–Kier alpha value is -2.89. The van der Waals surface area contributed by atoms with Crippen LogP contribution in [0.4, 0.5) is 0 Å². The summed E-state index contributed by atoms with van der Waals surface area (Å²) in [7, 11) is 3.71. The molecule has 0 saturated heterocycles. The van der Waals surface area contributed by atoms with E-state index in [-0.39, 0.29) is 5.91 Å². The van der Waals surface area contributed by atoms with Crippen LogP contribution in [-0.2, 0) is 13.6 Å². The number of aromatic nitrogens is 3. The summed E-state index contributed by atoms with van der Waals surface area (Å²) in [6.07, 6.45) is 3.63. The van der Waals surface area contributed by atoms with E-state index >= 15 is 0 Å². The SMILES string of the molecule is Cc1noc(C)c1CN(C)C(=O)c1cccc(-c2nccn2C)c1. The van der Waals surface area contributed by atoms with Crippen LogP contribution in [0.15, 0.2) is 41.2 Å².